The predicted molar refractivity (Wildman–Crippen MR) is 88.0 cm³/mol. The van der Waals surface area contributed by atoms with E-state index in [0.29, 0.717) is 10.0 Å². The Labute approximate surface area is 136 Å². The van der Waals surface area contributed by atoms with E-state index in [9.17, 15) is 10.1 Å². The van der Waals surface area contributed by atoms with E-state index in [0.717, 1.165) is 15.5 Å². The molecule has 0 aromatic heterocycles. The van der Waals surface area contributed by atoms with Crippen molar-refractivity contribution < 1.29 is 4.92 Å². The van der Waals surface area contributed by atoms with E-state index in [4.69, 9.17) is 23.2 Å². The Kier molecular flexibility index (Phi) is 4.98. The molecule has 2 aromatic rings. The highest BCUT2D eigenvalue weighted by molar-refractivity contribution is 7.99. The molecule has 0 heterocycles. The average molecular weight is 343 g/mol. The number of anilines is 1. The van der Waals surface area contributed by atoms with Crippen LogP contribution in [0.5, 0.6) is 0 Å². The smallest absolute Gasteiger partial charge is 0.270 e. The highest BCUT2D eigenvalue weighted by Crippen LogP contribution is 2.39. The van der Waals surface area contributed by atoms with E-state index >= 15 is 0 Å². The zero-order valence-electron chi connectivity index (χ0n) is 11.3. The van der Waals surface area contributed by atoms with Crippen molar-refractivity contribution in [2.45, 2.75) is 9.79 Å². The van der Waals surface area contributed by atoms with Crippen molar-refractivity contribution in [1.82, 2.24) is 0 Å². The molecule has 0 N–H and O–H groups in total. The van der Waals surface area contributed by atoms with E-state index in [1.807, 2.05) is 37.2 Å². The second-order valence-electron chi connectivity index (χ2n) is 4.48. The van der Waals surface area contributed by atoms with Crippen LogP contribution in [-0.4, -0.2) is 19.0 Å². The van der Waals surface area contributed by atoms with Gasteiger partial charge in [0.25, 0.3) is 5.69 Å². The van der Waals surface area contributed by atoms with Crippen LogP contribution in [-0.2, 0) is 0 Å². The zero-order chi connectivity index (χ0) is 15.6. The Balaban J connectivity index is 2.28. The van der Waals surface area contributed by atoms with Gasteiger partial charge in [-0.1, -0.05) is 35.0 Å². The van der Waals surface area contributed by atoms with Crippen LogP contribution in [0.2, 0.25) is 10.0 Å². The Hall–Kier alpha value is -1.43. The maximum absolute atomic E-state index is 10.7. The first-order valence-corrected chi connectivity index (χ1v) is 7.54. The number of halogens is 2. The number of non-ortho nitro benzene ring substituents is 1. The van der Waals surface area contributed by atoms with Crippen molar-refractivity contribution in [3.8, 4) is 0 Å². The molecule has 110 valence electrons. The van der Waals surface area contributed by atoms with Crippen LogP contribution in [0, 0.1) is 10.1 Å². The lowest BCUT2D eigenvalue weighted by Crippen LogP contribution is -2.08. The minimum atomic E-state index is -0.473. The molecule has 0 aliphatic rings. The van der Waals surface area contributed by atoms with E-state index in [1.54, 1.807) is 6.07 Å². The third-order valence-electron chi connectivity index (χ3n) is 2.78. The molecule has 2 rings (SSSR count). The van der Waals surface area contributed by atoms with Crippen LogP contribution in [0.3, 0.4) is 0 Å². The fraction of sp³-hybridized carbons (Fsp3) is 0.143. The minimum Gasteiger partial charge on any atom is -0.378 e. The fourth-order valence-corrected chi connectivity index (χ4v) is 3.06. The molecule has 4 nitrogen and oxygen atoms in total. The van der Waals surface area contributed by atoms with E-state index < -0.39 is 4.92 Å². The van der Waals surface area contributed by atoms with Crippen LogP contribution in [0.4, 0.5) is 11.4 Å². The summed E-state index contributed by atoms with van der Waals surface area (Å²) in [7, 11) is 3.87. The number of nitro benzene ring substituents is 1. The Morgan fingerprint density at radius 2 is 1.62 bits per heavy atom. The molecule has 0 amide bonds. The molecule has 0 saturated heterocycles. The fourth-order valence-electron chi connectivity index (χ4n) is 1.66. The molecular formula is C14H12Cl2N2O2S. The summed E-state index contributed by atoms with van der Waals surface area (Å²) < 4.78 is 0. The van der Waals surface area contributed by atoms with Crippen LogP contribution in [0.25, 0.3) is 0 Å². The lowest BCUT2D eigenvalue weighted by atomic mass is 10.3. The van der Waals surface area contributed by atoms with Gasteiger partial charge in [0.1, 0.15) is 0 Å². The summed E-state index contributed by atoms with van der Waals surface area (Å²) in [6, 6.07) is 10.1. The number of nitrogens with zero attached hydrogens (tertiary/aromatic N) is 2. The molecule has 0 bridgehead atoms. The van der Waals surface area contributed by atoms with Gasteiger partial charge in [-0.15, -0.1) is 0 Å². The van der Waals surface area contributed by atoms with Crippen molar-refractivity contribution in [2.24, 2.45) is 0 Å². The number of benzene rings is 2. The van der Waals surface area contributed by atoms with Gasteiger partial charge in [0, 0.05) is 41.7 Å². The predicted octanol–water partition coefficient (Wildman–Crippen LogP) is 5.12. The van der Waals surface area contributed by atoms with Gasteiger partial charge in [-0.05, 0) is 24.3 Å². The van der Waals surface area contributed by atoms with Crippen LogP contribution >= 0.6 is 35.0 Å². The molecule has 0 saturated carbocycles. The maximum Gasteiger partial charge on any atom is 0.270 e. The average Bonchev–Trinajstić information content (AvgIpc) is 2.42. The van der Waals surface area contributed by atoms with E-state index in [1.165, 1.54) is 23.9 Å². The van der Waals surface area contributed by atoms with Gasteiger partial charge in [-0.2, -0.15) is 0 Å². The van der Waals surface area contributed by atoms with Crippen molar-refractivity contribution in [3.05, 3.63) is 56.6 Å². The minimum absolute atomic E-state index is 0.0293. The Morgan fingerprint density at radius 1 is 1.05 bits per heavy atom. The van der Waals surface area contributed by atoms with Gasteiger partial charge in [0.15, 0.2) is 0 Å². The quantitative estimate of drug-likeness (QED) is 0.571. The SMILES string of the molecule is CN(C)c1ccc(Sc2ccc([N+](=O)[O-])cc2Cl)c(Cl)c1. The largest absolute Gasteiger partial charge is 0.378 e. The summed E-state index contributed by atoms with van der Waals surface area (Å²) in [5.41, 5.74) is 0.970. The van der Waals surface area contributed by atoms with Crippen molar-refractivity contribution in [2.75, 3.05) is 19.0 Å². The summed E-state index contributed by atoms with van der Waals surface area (Å²) in [6.07, 6.45) is 0. The number of hydrogen-bond acceptors (Lipinski definition) is 4. The van der Waals surface area contributed by atoms with Gasteiger partial charge < -0.3 is 4.90 Å². The number of hydrogen-bond donors (Lipinski definition) is 0. The third-order valence-corrected chi connectivity index (χ3v) is 4.78. The molecule has 0 radical (unpaired) electrons. The molecule has 0 atom stereocenters. The topological polar surface area (TPSA) is 46.4 Å². The zero-order valence-corrected chi connectivity index (χ0v) is 13.7. The van der Waals surface area contributed by atoms with Gasteiger partial charge in [-0.25, -0.2) is 0 Å². The highest BCUT2D eigenvalue weighted by atomic mass is 35.5. The van der Waals surface area contributed by atoms with E-state index in [-0.39, 0.29) is 5.69 Å². The maximum atomic E-state index is 10.7. The van der Waals surface area contributed by atoms with Crippen molar-refractivity contribution in [3.63, 3.8) is 0 Å². The highest BCUT2D eigenvalue weighted by Gasteiger charge is 2.12. The molecule has 2 aromatic carbocycles. The van der Waals surface area contributed by atoms with E-state index in [2.05, 4.69) is 0 Å². The molecule has 0 unspecified atom stereocenters. The Morgan fingerprint density at radius 3 is 2.10 bits per heavy atom. The molecule has 21 heavy (non-hydrogen) atoms. The second-order valence-corrected chi connectivity index (χ2v) is 6.38. The molecule has 7 heteroatoms. The van der Waals surface area contributed by atoms with Gasteiger partial charge in [0.2, 0.25) is 0 Å². The molecule has 0 spiro atoms. The van der Waals surface area contributed by atoms with Gasteiger partial charge >= 0.3 is 0 Å². The summed E-state index contributed by atoms with van der Waals surface area (Å²) in [4.78, 5) is 13.7. The first-order chi connectivity index (χ1) is 9.88. The van der Waals surface area contributed by atoms with Crippen LogP contribution in [0.1, 0.15) is 0 Å². The summed E-state index contributed by atoms with van der Waals surface area (Å²) in [6.45, 7) is 0. The van der Waals surface area contributed by atoms with Gasteiger partial charge in [-0.3, -0.25) is 10.1 Å². The summed E-state index contributed by atoms with van der Waals surface area (Å²) in [5.74, 6) is 0. The first-order valence-electron chi connectivity index (χ1n) is 5.97. The van der Waals surface area contributed by atoms with Crippen LogP contribution in [0.15, 0.2) is 46.2 Å². The Bertz CT molecular complexity index is 693. The third kappa shape index (κ3) is 3.81. The van der Waals surface area contributed by atoms with Crippen LogP contribution < -0.4 is 4.90 Å². The monoisotopic (exact) mass is 342 g/mol. The lowest BCUT2D eigenvalue weighted by Gasteiger charge is -2.14. The molecular weight excluding hydrogens is 331 g/mol. The number of rotatable bonds is 4. The van der Waals surface area contributed by atoms with Crippen molar-refractivity contribution >= 4 is 46.3 Å². The second kappa shape index (κ2) is 6.56. The lowest BCUT2D eigenvalue weighted by molar-refractivity contribution is -0.384. The normalized spacial score (nSPS) is 10.5. The standard InChI is InChI=1S/C14H12Cl2N2O2S/c1-17(2)9-3-5-13(11(15)7-9)21-14-6-4-10(18(19)20)8-12(14)16/h3-8H,1-2H3. The number of nitro groups is 1. The summed E-state index contributed by atoms with van der Waals surface area (Å²) in [5, 5.41) is 11.6. The molecule has 0 aliphatic heterocycles. The van der Waals surface area contributed by atoms with Gasteiger partial charge in [0.05, 0.1) is 15.0 Å². The summed E-state index contributed by atoms with van der Waals surface area (Å²) >= 11 is 13.7. The van der Waals surface area contributed by atoms with Crippen molar-refractivity contribution in [1.29, 1.82) is 0 Å². The first kappa shape index (κ1) is 15.9. The molecule has 0 fully saturated rings. The molecule has 0 aliphatic carbocycles.